The summed E-state index contributed by atoms with van der Waals surface area (Å²) in [5.41, 5.74) is 1.74. The highest BCUT2D eigenvalue weighted by atomic mass is 16.5. The molecule has 4 heteroatoms. The molecule has 84 valence electrons. The minimum atomic E-state index is -0.0284. The van der Waals surface area contributed by atoms with E-state index in [-0.39, 0.29) is 6.61 Å². The molecule has 2 aromatic rings. The Kier molecular flexibility index (Phi) is 2.92. The normalized spacial score (nSPS) is 10.4. The first-order chi connectivity index (χ1) is 7.76. The summed E-state index contributed by atoms with van der Waals surface area (Å²) in [5, 5.41) is 9.34. The smallest absolute Gasteiger partial charge is 0.139 e. The molecule has 0 saturated carbocycles. The van der Waals surface area contributed by atoms with Crippen LogP contribution in [0.4, 0.5) is 0 Å². The number of imidazole rings is 1. The molecule has 0 aliphatic rings. The van der Waals surface area contributed by atoms with Gasteiger partial charge in [-0.15, -0.1) is 0 Å². The maximum atomic E-state index is 9.34. The number of nitrogens with zero attached hydrogens (tertiary/aromatic N) is 2. The van der Waals surface area contributed by atoms with Crippen LogP contribution >= 0.6 is 0 Å². The van der Waals surface area contributed by atoms with Gasteiger partial charge in [0.1, 0.15) is 11.6 Å². The van der Waals surface area contributed by atoms with Gasteiger partial charge < -0.3 is 14.4 Å². The summed E-state index contributed by atoms with van der Waals surface area (Å²) in [6.07, 6.45) is 3.61. The van der Waals surface area contributed by atoms with Crippen LogP contribution in [0.2, 0.25) is 0 Å². The van der Waals surface area contributed by atoms with Crippen molar-refractivity contribution in [1.29, 1.82) is 0 Å². The third-order valence-electron chi connectivity index (χ3n) is 2.54. The lowest BCUT2D eigenvalue weighted by molar-refractivity contribution is 0.281. The lowest BCUT2D eigenvalue weighted by Crippen LogP contribution is -1.97. The van der Waals surface area contributed by atoms with Crippen molar-refractivity contribution >= 4 is 0 Å². The van der Waals surface area contributed by atoms with Crippen molar-refractivity contribution in [1.82, 2.24) is 9.55 Å². The Labute approximate surface area is 94.1 Å². The molecule has 0 unspecified atom stereocenters. The molecule has 2 rings (SSSR count). The maximum absolute atomic E-state index is 9.34. The van der Waals surface area contributed by atoms with Crippen LogP contribution in [-0.2, 0) is 13.7 Å². The molecule has 1 aromatic heterocycles. The van der Waals surface area contributed by atoms with E-state index in [0.29, 0.717) is 0 Å². The number of ether oxygens (including phenoxy) is 1. The Hall–Kier alpha value is -1.81. The largest absolute Gasteiger partial charge is 0.497 e. The van der Waals surface area contributed by atoms with Gasteiger partial charge in [-0.05, 0) is 23.8 Å². The van der Waals surface area contributed by atoms with Gasteiger partial charge >= 0.3 is 0 Å². The Morgan fingerprint density at radius 1 is 1.44 bits per heavy atom. The summed E-state index contributed by atoms with van der Waals surface area (Å²) >= 11 is 0. The quantitative estimate of drug-likeness (QED) is 0.851. The van der Waals surface area contributed by atoms with E-state index >= 15 is 0 Å². The van der Waals surface area contributed by atoms with Crippen molar-refractivity contribution in [2.24, 2.45) is 7.05 Å². The molecule has 0 spiro atoms. The SMILES string of the molecule is COc1ccc(-c2nccn2C)c(CO)c1. The van der Waals surface area contributed by atoms with E-state index < -0.39 is 0 Å². The summed E-state index contributed by atoms with van der Waals surface area (Å²) in [6.45, 7) is -0.0284. The Morgan fingerprint density at radius 2 is 2.25 bits per heavy atom. The average molecular weight is 218 g/mol. The number of hydrogen-bond donors (Lipinski definition) is 1. The van der Waals surface area contributed by atoms with E-state index in [4.69, 9.17) is 4.74 Å². The summed E-state index contributed by atoms with van der Waals surface area (Å²) in [4.78, 5) is 4.26. The second-order valence-electron chi connectivity index (χ2n) is 3.54. The molecule has 0 bridgehead atoms. The van der Waals surface area contributed by atoms with Crippen LogP contribution < -0.4 is 4.74 Å². The average Bonchev–Trinajstić information content (AvgIpc) is 2.74. The molecule has 0 aliphatic carbocycles. The van der Waals surface area contributed by atoms with Gasteiger partial charge in [0, 0.05) is 25.0 Å². The lowest BCUT2D eigenvalue weighted by atomic mass is 10.1. The predicted octanol–water partition coefficient (Wildman–Crippen LogP) is 1.59. The van der Waals surface area contributed by atoms with Gasteiger partial charge in [0.2, 0.25) is 0 Å². The van der Waals surface area contributed by atoms with Gasteiger partial charge in [0.05, 0.1) is 13.7 Å². The number of rotatable bonds is 3. The number of hydrogen-bond acceptors (Lipinski definition) is 3. The fourth-order valence-corrected chi connectivity index (χ4v) is 1.67. The second-order valence-corrected chi connectivity index (χ2v) is 3.54. The number of methoxy groups -OCH3 is 1. The first kappa shape index (κ1) is 10.7. The van der Waals surface area contributed by atoms with Crippen molar-refractivity contribution in [2.45, 2.75) is 6.61 Å². The monoisotopic (exact) mass is 218 g/mol. The van der Waals surface area contributed by atoms with Crippen LogP contribution in [0.3, 0.4) is 0 Å². The van der Waals surface area contributed by atoms with E-state index in [1.165, 1.54) is 0 Å². The number of aliphatic hydroxyl groups excluding tert-OH is 1. The molecule has 0 fully saturated rings. The highest BCUT2D eigenvalue weighted by Crippen LogP contribution is 2.25. The molecule has 1 heterocycles. The number of aliphatic hydroxyl groups is 1. The molecule has 0 radical (unpaired) electrons. The lowest BCUT2D eigenvalue weighted by Gasteiger charge is -2.09. The van der Waals surface area contributed by atoms with Crippen LogP contribution in [0, 0.1) is 0 Å². The molecule has 0 saturated heterocycles. The number of aromatic nitrogens is 2. The van der Waals surface area contributed by atoms with Crippen molar-refractivity contribution in [3.05, 3.63) is 36.2 Å². The molecule has 0 atom stereocenters. The highest BCUT2D eigenvalue weighted by molar-refractivity contribution is 5.62. The standard InChI is InChI=1S/C12H14N2O2/c1-14-6-5-13-12(14)11-4-3-10(16-2)7-9(11)8-15/h3-7,15H,8H2,1-2H3. The van der Waals surface area contributed by atoms with Crippen LogP contribution in [0.25, 0.3) is 11.4 Å². The van der Waals surface area contributed by atoms with Crippen molar-refractivity contribution in [3.8, 4) is 17.1 Å². The Bertz CT molecular complexity index is 492. The van der Waals surface area contributed by atoms with Crippen molar-refractivity contribution in [3.63, 3.8) is 0 Å². The summed E-state index contributed by atoms with van der Waals surface area (Å²) in [7, 11) is 3.53. The second kappa shape index (κ2) is 4.37. The number of aryl methyl sites for hydroxylation is 1. The molecular formula is C12H14N2O2. The third-order valence-corrected chi connectivity index (χ3v) is 2.54. The molecule has 16 heavy (non-hydrogen) atoms. The third kappa shape index (κ3) is 1.79. The summed E-state index contributed by atoms with van der Waals surface area (Å²) in [6, 6.07) is 5.60. The van der Waals surface area contributed by atoms with Gasteiger partial charge in [0.25, 0.3) is 0 Å². The molecule has 0 amide bonds. The molecule has 1 aromatic carbocycles. The van der Waals surface area contributed by atoms with E-state index in [0.717, 1.165) is 22.7 Å². The van der Waals surface area contributed by atoms with Gasteiger partial charge in [-0.25, -0.2) is 4.98 Å². The Balaban J connectivity index is 2.53. The van der Waals surface area contributed by atoms with Crippen LogP contribution in [-0.4, -0.2) is 21.8 Å². The van der Waals surface area contributed by atoms with Gasteiger partial charge in [0.15, 0.2) is 0 Å². The van der Waals surface area contributed by atoms with E-state index in [9.17, 15) is 5.11 Å². The minimum Gasteiger partial charge on any atom is -0.497 e. The first-order valence-corrected chi connectivity index (χ1v) is 5.01. The molecule has 4 nitrogen and oxygen atoms in total. The zero-order valence-corrected chi connectivity index (χ0v) is 9.34. The molecular weight excluding hydrogens is 204 g/mol. The summed E-state index contributed by atoms with van der Waals surface area (Å²) < 4.78 is 7.04. The van der Waals surface area contributed by atoms with Crippen LogP contribution in [0.15, 0.2) is 30.6 Å². The minimum absolute atomic E-state index is 0.0284. The fraction of sp³-hybridized carbons (Fsp3) is 0.250. The predicted molar refractivity (Wildman–Crippen MR) is 61.1 cm³/mol. The number of benzene rings is 1. The van der Waals surface area contributed by atoms with Gasteiger partial charge in [-0.1, -0.05) is 0 Å². The highest BCUT2D eigenvalue weighted by Gasteiger charge is 2.09. The van der Waals surface area contributed by atoms with Gasteiger partial charge in [-0.3, -0.25) is 0 Å². The zero-order chi connectivity index (χ0) is 11.5. The van der Waals surface area contributed by atoms with E-state index in [1.54, 1.807) is 13.3 Å². The fourth-order valence-electron chi connectivity index (χ4n) is 1.67. The molecule has 1 N–H and O–H groups in total. The van der Waals surface area contributed by atoms with Crippen molar-refractivity contribution < 1.29 is 9.84 Å². The maximum Gasteiger partial charge on any atom is 0.139 e. The molecule has 0 aliphatic heterocycles. The Morgan fingerprint density at radius 3 is 2.81 bits per heavy atom. The van der Waals surface area contributed by atoms with Gasteiger partial charge in [-0.2, -0.15) is 0 Å². The zero-order valence-electron chi connectivity index (χ0n) is 9.34. The summed E-state index contributed by atoms with van der Waals surface area (Å²) in [5.74, 6) is 1.58. The van der Waals surface area contributed by atoms with Crippen molar-refractivity contribution in [2.75, 3.05) is 7.11 Å². The van der Waals surface area contributed by atoms with E-state index in [1.807, 2.05) is 36.0 Å². The van der Waals surface area contributed by atoms with E-state index in [2.05, 4.69) is 4.98 Å². The topological polar surface area (TPSA) is 47.3 Å². The van der Waals surface area contributed by atoms with Crippen LogP contribution in [0.5, 0.6) is 5.75 Å². The van der Waals surface area contributed by atoms with Crippen LogP contribution in [0.1, 0.15) is 5.56 Å². The first-order valence-electron chi connectivity index (χ1n) is 5.01.